The van der Waals surface area contributed by atoms with Gasteiger partial charge in [-0.1, -0.05) is 127 Å². The van der Waals surface area contributed by atoms with Gasteiger partial charge in [0.25, 0.3) is 0 Å². The Balaban J connectivity index is 1.23. The minimum absolute atomic E-state index is 0.698. The van der Waals surface area contributed by atoms with Crippen molar-refractivity contribution < 1.29 is 4.74 Å². The Hall–Kier alpha value is -6.32. The number of hydrogen-bond acceptors (Lipinski definition) is 3. The summed E-state index contributed by atoms with van der Waals surface area (Å²) in [6.07, 6.45) is 0. The van der Waals surface area contributed by atoms with Crippen molar-refractivity contribution >= 4 is 10.8 Å². The molecule has 0 bridgehead atoms. The maximum Gasteiger partial charge on any atom is 0.160 e. The predicted molar refractivity (Wildman–Crippen MR) is 192 cm³/mol. The fourth-order valence-electron chi connectivity index (χ4n) is 6.55. The van der Waals surface area contributed by atoms with E-state index in [1.165, 1.54) is 10.9 Å². The Morgan fingerprint density at radius 1 is 0.340 bits per heavy atom. The van der Waals surface area contributed by atoms with Crippen LogP contribution in [0.4, 0.5) is 0 Å². The van der Waals surface area contributed by atoms with Crippen molar-refractivity contribution in [3.63, 3.8) is 0 Å². The van der Waals surface area contributed by atoms with Gasteiger partial charge in [-0.3, -0.25) is 0 Å². The third kappa shape index (κ3) is 4.95. The van der Waals surface area contributed by atoms with E-state index in [4.69, 9.17) is 14.7 Å². The van der Waals surface area contributed by atoms with Crippen molar-refractivity contribution in [2.24, 2.45) is 0 Å². The van der Waals surface area contributed by atoms with Crippen molar-refractivity contribution in [3.8, 4) is 78.8 Å². The van der Waals surface area contributed by atoms with Crippen molar-refractivity contribution in [1.29, 1.82) is 0 Å². The predicted octanol–water partition coefficient (Wildman–Crippen LogP) is 11.7. The number of rotatable bonds is 5. The normalized spacial score (nSPS) is 11.6. The van der Waals surface area contributed by atoms with E-state index in [0.717, 1.165) is 72.8 Å². The molecule has 3 heteroatoms. The van der Waals surface area contributed by atoms with Gasteiger partial charge in [-0.05, 0) is 75.7 Å². The molecule has 9 rings (SSSR count). The number of aromatic nitrogens is 2. The smallest absolute Gasteiger partial charge is 0.160 e. The number of nitrogens with zero attached hydrogens (tertiary/aromatic N) is 2. The largest absolute Gasteiger partial charge is 0.456 e. The first kappa shape index (κ1) is 27.0. The van der Waals surface area contributed by atoms with Crippen LogP contribution in [0.1, 0.15) is 0 Å². The first-order valence-corrected chi connectivity index (χ1v) is 15.8. The second-order valence-corrected chi connectivity index (χ2v) is 11.8. The van der Waals surface area contributed by atoms with Crippen LogP contribution in [0.15, 0.2) is 170 Å². The molecule has 1 aliphatic rings. The molecule has 0 saturated carbocycles. The Morgan fingerprint density at radius 2 is 0.936 bits per heavy atom. The van der Waals surface area contributed by atoms with Crippen molar-refractivity contribution in [1.82, 2.24) is 9.97 Å². The molecule has 0 spiro atoms. The monoisotopic (exact) mass is 600 g/mol. The highest BCUT2D eigenvalue weighted by atomic mass is 16.5. The molecule has 0 N–H and O–H groups in total. The minimum Gasteiger partial charge on any atom is -0.456 e. The van der Waals surface area contributed by atoms with E-state index < -0.39 is 0 Å². The molecule has 0 aliphatic carbocycles. The van der Waals surface area contributed by atoms with E-state index in [1.54, 1.807) is 0 Å². The lowest BCUT2D eigenvalue weighted by molar-refractivity contribution is 0.487. The van der Waals surface area contributed by atoms with Crippen LogP contribution in [0.5, 0.6) is 11.5 Å². The first-order chi connectivity index (χ1) is 23.3. The van der Waals surface area contributed by atoms with Gasteiger partial charge in [0.05, 0.1) is 11.4 Å². The van der Waals surface area contributed by atoms with E-state index in [2.05, 4.69) is 133 Å². The average molecular weight is 601 g/mol. The number of benzene rings is 7. The Labute approximate surface area is 273 Å². The van der Waals surface area contributed by atoms with Crippen LogP contribution in [0.3, 0.4) is 0 Å². The lowest BCUT2D eigenvalue weighted by atomic mass is 9.91. The summed E-state index contributed by atoms with van der Waals surface area (Å²) in [5, 5.41) is 2.35. The third-order valence-electron chi connectivity index (χ3n) is 8.86. The molecule has 3 nitrogen and oxygen atoms in total. The molecule has 7 aromatic carbocycles. The third-order valence-corrected chi connectivity index (χ3v) is 8.86. The molecule has 0 saturated heterocycles. The summed E-state index contributed by atoms with van der Waals surface area (Å²) >= 11 is 0. The molecule has 1 aromatic heterocycles. The van der Waals surface area contributed by atoms with E-state index in [1.807, 2.05) is 36.4 Å². The van der Waals surface area contributed by atoms with Gasteiger partial charge in [0.2, 0.25) is 0 Å². The molecule has 220 valence electrons. The molecule has 47 heavy (non-hydrogen) atoms. The van der Waals surface area contributed by atoms with Gasteiger partial charge in [-0.15, -0.1) is 0 Å². The molecule has 0 atom stereocenters. The molecule has 1 aliphatic heterocycles. The number of hydrogen-bond donors (Lipinski definition) is 0. The average Bonchev–Trinajstić information content (AvgIpc) is 3.15. The van der Waals surface area contributed by atoms with Crippen LogP contribution < -0.4 is 4.74 Å². The maximum absolute atomic E-state index is 6.55. The fourth-order valence-corrected chi connectivity index (χ4v) is 6.55. The van der Waals surface area contributed by atoms with Gasteiger partial charge in [0.1, 0.15) is 11.5 Å². The zero-order valence-electron chi connectivity index (χ0n) is 25.5. The molecular formula is C44H28N2O. The van der Waals surface area contributed by atoms with Gasteiger partial charge < -0.3 is 4.74 Å². The highest BCUT2D eigenvalue weighted by Gasteiger charge is 2.21. The first-order valence-electron chi connectivity index (χ1n) is 15.8. The maximum atomic E-state index is 6.55. The van der Waals surface area contributed by atoms with E-state index >= 15 is 0 Å². The second-order valence-electron chi connectivity index (χ2n) is 11.8. The number of fused-ring (bicyclic) bond motifs is 2. The van der Waals surface area contributed by atoms with Crippen LogP contribution >= 0.6 is 0 Å². The van der Waals surface area contributed by atoms with Gasteiger partial charge in [0, 0.05) is 27.6 Å². The summed E-state index contributed by atoms with van der Waals surface area (Å²) in [5.41, 5.74) is 11.5. The Bertz CT molecular complexity index is 2360. The summed E-state index contributed by atoms with van der Waals surface area (Å²) in [4.78, 5) is 10.2. The van der Waals surface area contributed by atoms with Crippen molar-refractivity contribution in [2.45, 2.75) is 0 Å². The van der Waals surface area contributed by atoms with E-state index in [-0.39, 0.29) is 0 Å². The molecule has 2 heterocycles. The lowest BCUT2D eigenvalue weighted by Crippen LogP contribution is -1.98. The van der Waals surface area contributed by atoms with Crippen molar-refractivity contribution in [2.75, 3.05) is 0 Å². The van der Waals surface area contributed by atoms with Gasteiger partial charge >= 0.3 is 0 Å². The standard InChI is InChI=1S/C44H28N2O/c1-4-12-29(13-5-1)34-24-35(33-22-23-37-38-20-10-18-31-19-11-21-41(43(31)38)47-42(37)27-33)26-36(25-34)40-28-39(30-14-6-2-7-15-30)45-44(46-40)32-16-8-3-9-17-32/h1-28H. The zero-order chi connectivity index (χ0) is 31.2. The summed E-state index contributed by atoms with van der Waals surface area (Å²) in [7, 11) is 0. The van der Waals surface area contributed by atoms with Crippen molar-refractivity contribution in [3.05, 3.63) is 170 Å². The highest BCUT2D eigenvalue weighted by molar-refractivity contribution is 6.04. The van der Waals surface area contributed by atoms with Crippen LogP contribution in [0, 0.1) is 0 Å². The van der Waals surface area contributed by atoms with Gasteiger partial charge in [-0.2, -0.15) is 0 Å². The molecule has 0 radical (unpaired) electrons. The van der Waals surface area contributed by atoms with Crippen LogP contribution in [0.25, 0.3) is 78.1 Å². The molecule has 0 unspecified atom stereocenters. The quantitative estimate of drug-likeness (QED) is 0.197. The minimum atomic E-state index is 0.698. The van der Waals surface area contributed by atoms with Crippen LogP contribution in [-0.2, 0) is 0 Å². The fraction of sp³-hybridized carbons (Fsp3) is 0. The van der Waals surface area contributed by atoms with E-state index in [0.29, 0.717) is 5.82 Å². The molecule has 0 amide bonds. The van der Waals surface area contributed by atoms with Gasteiger partial charge in [-0.25, -0.2) is 9.97 Å². The SMILES string of the molecule is c1ccc(-c2cc(-c3ccc4c(c3)Oc3cccc5cccc-4c35)cc(-c3cc(-c4ccccc4)nc(-c4ccccc4)n3)c2)cc1. The van der Waals surface area contributed by atoms with Crippen LogP contribution in [0.2, 0.25) is 0 Å². The highest BCUT2D eigenvalue weighted by Crippen LogP contribution is 2.47. The Kier molecular flexibility index (Phi) is 6.46. The number of ether oxygens (including phenoxy) is 1. The van der Waals surface area contributed by atoms with Crippen LogP contribution in [-0.4, -0.2) is 9.97 Å². The topological polar surface area (TPSA) is 35.0 Å². The zero-order valence-corrected chi connectivity index (χ0v) is 25.5. The lowest BCUT2D eigenvalue weighted by Gasteiger charge is -2.22. The summed E-state index contributed by atoms with van der Waals surface area (Å²) < 4.78 is 6.55. The summed E-state index contributed by atoms with van der Waals surface area (Å²) in [6.45, 7) is 0. The molecular weight excluding hydrogens is 572 g/mol. The molecule has 8 aromatic rings. The van der Waals surface area contributed by atoms with Gasteiger partial charge in [0.15, 0.2) is 5.82 Å². The van der Waals surface area contributed by atoms with E-state index in [9.17, 15) is 0 Å². The summed E-state index contributed by atoms with van der Waals surface area (Å²) in [6, 6.07) is 59.1. The Morgan fingerprint density at radius 3 is 1.66 bits per heavy atom. The molecule has 0 fully saturated rings. The summed E-state index contributed by atoms with van der Waals surface area (Å²) in [5.74, 6) is 2.45. The second kappa shape index (κ2) is 11.2.